The van der Waals surface area contributed by atoms with E-state index < -0.39 is 12.2 Å². The number of benzene rings is 10. The summed E-state index contributed by atoms with van der Waals surface area (Å²) >= 11 is 0. The van der Waals surface area contributed by atoms with Crippen molar-refractivity contribution in [1.82, 2.24) is 4.90 Å². The average molecular weight is 2000 g/mol. The number of hydrogen-bond acceptors (Lipinski definition) is 24. The third kappa shape index (κ3) is 66.5. The molecule has 0 aliphatic heterocycles. The van der Waals surface area contributed by atoms with Crippen LogP contribution in [0.4, 0.5) is 0 Å². The van der Waals surface area contributed by atoms with Gasteiger partial charge in [-0.2, -0.15) is 0 Å². The Balaban J connectivity index is 0.000000425. The maximum Gasteiger partial charge on any atom is 0.222 e. The molecule has 0 radical (unpaired) electrons. The molecule has 796 valence electrons. The molecule has 0 aliphatic rings. The molecule has 2 unspecified atom stereocenters. The van der Waals surface area contributed by atoms with Crippen LogP contribution >= 0.6 is 0 Å². The van der Waals surface area contributed by atoms with Crippen LogP contribution in [0, 0.1) is 5.92 Å². The molecule has 2 amide bonds. The van der Waals surface area contributed by atoms with Gasteiger partial charge >= 0.3 is 0 Å². The average Bonchev–Trinajstić information content (AvgIpc) is 0.904. The van der Waals surface area contributed by atoms with E-state index in [2.05, 4.69) is 67.5 Å². The molecule has 0 saturated heterocycles. The second kappa shape index (κ2) is 86.2. The molecular weight excluding hydrogens is 1830 g/mol. The summed E-state index contributed by atoms with van der Waals surface area (Å²) in [5.74, 6) is 12.9. The Morgan fingerprint density at radius 1 is 0.271 bits per heavy atom. The van der Waals surface area contributed by atoms with Crippen LogP contribution in [0.2, 0.25) is 0 Å². The summed E-state index contributed by atoms with van der Waals surface area (Å²) in [6, 6.07) is 80.5. The van der Waals surface area contributed by atoms with Gasteiger partial charge < -0.3 is 117 Å². The summed E-state index contributed by atoms with van der Waals surface area (Å²) in [5.41, 5.74) is 7.12. The molecule has 0 aromatic heterocycles. The lowest BCUT2D eigenvalue weighted by Crippen LogP contribution is -2.23. The van der Waals surface area contributed by atoms with E-state index in [0.29, 0.717) is 104 Å². The van der Waals surface area contributed by atoms with E-state index in [-0.39, 0.29) is 44.2 Å². The van der Waals surface area contributed by atoms with Gasteiger partial charge in [0.1, 0.15) is 118 Å². The molecule has 2 atom stereocenters. The first-order valence-electron chi connectivity index (χ1n) is 51.4. The van der Waals surface area contributed by atoms with Crippen molar-refractivity contribution in [3.63, 3.8) is 0 Å². The maximum absolute atomic E-state index is 11.4. The van der Waals surface area contributed by atoms with E-state index in [9.17, 15) is 19.8 Å². The van der Waals surface area contributed by atoms with Gasteiger partial charge in [0, 0.05) is 95.3 Å². The van der Waals surface area contributed by atoms with Crippen LogP contribution in [0.3, 0.4) is 0 Å². The monoisotopic (exact) mass is 2000 g/mol. The fourth-order valence-electron chi connectivity index (χ4n) is 12.0. The molecule has 0 bridgehead atoms. The Kier molecular flexibility index (Phi) is 75.3. The van der Waals surface area contributed by atoms with Gasteiger partial charge in [-0.05, 0) is 230 Å². The molecule has 0 saturated carbocycles. The minimum absolute atomic E-state index is 0.0278. The fraction of sp³-hybridized carbons (Fsp3) is 0.475. The van der Waals surface area contributed by atoms with Crippen molar-refractivity contribution in [2.45, 2.75) is 216 Å². The van der Waals surface area contributed by atoms with Gasteiger partial charge in [0.2, 0.25) is 11.8 Å². The van der Waals surface area contributed by atoms with Gasteiger partial charge in [0.25, 0.3) is 0 Å². The van der Waals surface area contributed by atoms with Crippen LogP contribution in [-0.4, -0.2) is 195 Å². The molecule has 0 spiro atoms. The highest BCUT2D eigenvalue weighted by Gasteiger charge is 2.13. The molecule has 0 heterocycles. The number of ether oxygens (including phenoxy) is 17. The molecule has 26 heteroatoms. The second-order valence-electron chi connectivity index (χ2n) is 33.5. The summed E-state index contributed by atoms with van der Waals surface area (Å²) in [7, 11) is 3.52. The van der Waals surface area contributed by atoms with Crippen molar-refractivity contribution in [3.05, 3.63) is 266 Å². The van der Waals surface area contributed by atoms with Gasteiger partial charge in [-0.15, -0.1) is 0 Å². The molecular formula is C118H170N2O24. The van der Waals surface area contributed by atoms with Crippen LogP contribution < -0.4 is 81.5 Å². The first kappa shape index (κ1) is 126. The number of carbonyl (C=O) groups excluding carboxylic acids is 2. The first-order valence-corrected chi connectivity index (χ1v) is 51.4. The van der Waals surface area contributed by atoms with Crippen molar-refractivity contribution in [2.24, 2.45) is 11.7 Å². The topological polar surface area (TPSA) is 321 Å². The fourth-order valence-corrected chi connectivity index (χ4v) is 12.0. The number of hydrogen-bond donors (Lipinski definition) is 6. The van der Waals surface area contributed by atoms with E-state index in [1.165, 1.54) is 5.56 Å². The Bertz CT molecular complexity index is 4700. The van der Waals surface area contributed by atoms with E-state index in [4.69, 9.17) is 102 Å². The van der Waals surface area contributed by atoms with Crippen molar-refractivity contribution < 1.29 is 116 Å². The number of rotatable bonds is 65. The zero-order valence-electron chi connectivity index (χ0n) is 88.0. The predicted molar refractivity (Wildman–Crippen MR) is 575 cm³/mol. The Morgan fingerprint density at radius 2 is 0.514 bits per heavy atom. The Hall–Kier alpha value is -12.3. The molecule has 10 rings (SSSR count). The number of amides is 2. The van der Waals surface area contributed by atoms with Gasteiger partial charge in [0.15, 0.2) is 0 Å². The van der Waals surface area contributed by atoms with Crippen LogP contribution in [0.15, 0.2) is 255 Å². The number of unbranched alkanes of at least 4 members (excludes halogenated alkanes) is 5. The zero-order chi connectivity index (χ0) is 105. The van der Waals surface area contributed by atoms with Crippen LogP contribution in [0.1, 0.15) is 215 Å². The summed E-state index contributed by atoms with van der Waals surface area (Å²) in [6.45, 7) is 32.2. The number of aliphatic hydroxyl groups excluding tert-OH is 5. The molecule has 7 N–H and O–H groups in total. The lowest BCUT2D eigenvalue weighted by molar-refractivity contribution is -0.128. The van der Waals surface area contributed by atoms with Gasteiger partial charge in [-0.25, -0.2) is 0 Å². The number of primary amides is 1. The number of aliphatic hydroxyl groups is 5. The molecule has 10 aromatic rings. The molecule has 26 nitrogen and oxygen atoms in total. The minimum Gasteiger partial charge on any atom is -0.493 e. The van der Waals surface area contributed by atoms with Crippen LogP contribution in [0.25, 0.3) is 0 Å². The highest BCUT2D eigenvalue weighted by molar-refractivity contribution is 5.75. The van der Waals surface area contributed by atoms with Crippen molar-refractivity contribution >= 4 is 11.8 Å². The minimum atomic E-state index is -0.628. The molecule has 0 fully saturated rings. The largest absolute Gasteiger partial charge is 0.493 e. The highest BCUT2D eigenvalue weighted by atomic mass is 16.5. The number of nitrogens with zero attached hydrogens (tertiary/aromatic N) is 1. The van der Waals surface area contributed by atoms with Gasteiger partial charge in [-0.1, -0.05) is 178 Å². The lowest BCUT2D eigenvalue weighted by atomic mass is 10.1. The van der Waals surface area contributed by atoms with Crippen LogP contribution in [-0.2, 0) is 20.9 Å². The zero-order valence-corrected chi connectivity index (χ0v) is 88.0. The second-order valence-corrected chi connectivity index (χ2v) is 33.5. The number of carbonyl (C=O) groups is 2. The third-order valence-electron chi connectivity index (χ3n) is 19.7. The van der Waals surface area contributed by atoms with E-state index in [1.807, 2.05) is 257 Å². The molecule has 0 aliphatic carbocycles. The smallest absolute Gasteiger partial charge is 0.222 e. The number of nitrogens with two attached hydrogens (primary N) is 1. The summed E-state index contributed by atoms with van der Waals surface area (Å²) in [5, 5.41) is 45.5. The molecule has 144 heavy (non-hydrogen) atoms. The summed E-state index contributed by atoms with van der Waals surface area (Å²) < 4.78 is 94.2. The highest BCUT2D eigenvalue weighted by Crippen LogP contribution is 2.28. The molecule has 10 aromatic carbocycles. The third-order valence-corrected chi connectivity index (χ3v) is 19.7. The lowest BCUT2D eigenvalue weighted by Gasteiger charge is -2.15. The first-order chi connectivity index (χ1) is 70.2. The van der Waals surface area contributed by atoms with Gasteiger partial charge in [0.05, 0.1) is 105 Å². The van der Waals surface area contributed by atoms with Crippen LogP contribution in [0.5, 0.6) is 92.0 Å². The Labute approximate surface area is 859 Å². The Morgan fingerprint density at radius 3 is 0.792 bits per heavy atom. The van der Waals surface area contributed by atoms with Gasteiger partial charge in [-0.3, -0.25) is 9.59 Å². The predicted octanol–water partition coefficient (Wildman–Crippen LogP) is 24.0. The van der Waals surface area contributed by atoms with E-state index in [0.717, 1.165) is 234 Å². The summed E-state index contributed by atoms with van der Waals surface area (Å²) in [6.07, 6.45) is 16.8. The normalized spacial score (nSPS) is 10.7. The van der Waals surface area contributed by atoms with Crippen molar-refractivity contribution in [3.8, 4) is 92.0 Å². The quantitative estimate of drug-likeness (QED) is 0.0193. The summed E-state index contributed by atoms with van der Waals surface area (Å²) in [4.78, 5) is 23.5. The van der Waals surface area contributed by atoms with E-state index in [1.54, 1.807) is 19.0 Å². The van der Waals surface area contributed by atoms with Crippen molar-refractivity contribution in [1.29, 1.82) is 0 Å². The maximum atomic E-state index is 11.4. The van der Waals surface area contributed by atoms with E-state index >= 15 is 0 Å². The standard InChI is InChI=1S/C21H28O3.C17H20O3.C15H23NO3.2C14H22O3.C13H19NO3.C13H20O3.C11H16O3/c1-2-14-23-20-12-9-13-21(17-20)24-16-8-4-7-15-22-18-19-10-5-3-6-11-19;1-2-11-19-15-9-6-10-16(12-15)20-13-17(18)14-7-4-3-5-8-14;1-4-10-18-13-7-5-8-14(12-13)19-11-6-9-15(17)16(2)3;1-4-8-16-12-6-5-7-13(9-12)17-10-14(15)11(2)3;1-2-10-16-13-7-6-8-14(12-13)17-11-5-3-4-9-15;1-2-8-16-11-5-3-6-12(10-11)17-9-4-7-13(14)15;1-2-9-15-12-6-5-7-13(11-12)16-10-4-3-8-14;1-2-7-13-10-4-3-5-11(9-10)14-8-6-12/h3,5-6,9-13,17H,2,4,7-8,14-16,18H2,1H3;3-10,12,17-18H,2,11,13H2,1H3;5,7-8,12H,4,6,9-11H2,1-3H3;5-7,9,11,14-15H,4,8,10H2,1-3H3;6-8,12,15H,2-5,9-11H2,1H3;3,5-6,10H,2,4,7-9H2,1H3,(H2,14,15);5-7,11,14H,2-4,8-10H2,1H3;3-5,9,12H,2,6-8H2,1H3. The van der Waals surface area contributed by atoms with Crippen molar-refractivity contribution in [2.75, 3.05) is 146 Å². The SMILES string of the molecule is CCCOc1cccc(OCC(O)C(C)C)c1.CCCOc1cccc(OCC(O)c2ccccc2)c1.CCCOc1cccc(OCCCC(=O)N(C)C)c1.CCCOc1cccc(OCCCC(N)=O)c1.CCCOc1cccc(OCCCCCO)c1.CCCOc1cccc(OCCCCCOCc2ccccc2)c1.CCCOc1cccc(OCCCCO)c1.CCCOc1cccc(OCCO)c1.